The molecule has 66 heavy (non-hydrogen) atoms. The molecule has 0 aromatic rings. The van der Waals surface area contributed by atoms with Crippen molar-refractivity contribution in [1.82, 2.24) is 10.6 Å². The van der Waals surface area contributed by atoms with Crippen LogP contribution in [-0.2, 0) is 33.6 Å². The molecule has 0 spiro atoms. The molecule has 0 radical (unpaired) electrons. The number of carbonyl (C=O) groups excluding carboxylic acids is 7. The number of nitrogens with one attached hydrogen (secondary N) is 2. The van der Waals surface area contributed by atoms with Gasteiger partial charge in [0.25, 0.3) is 0 Å². The van der Waals surface area contributed by atoms with Crippen molar-refractivity contribution in [1.29, 1.82) is 0 Å². The lowest BCUT2D eigenvalue weighted by Crippen LogP contribution is -2.58. The number of aliphatic hydroxyl groups excluding tert-OH is 1. The molecule has 362 valence electrons. The van der Waals surface area contributed by atoms with E-state index in [4.69, 9.17) is 49.4 Å². The lowest BCUT2D eigenvalue weighted by Gasteiger charge is -2.47. The van der Waals surface area contributed by atoms with Gasteiger partial charge in [-0.1, -0.05) is 34.6 Å². The highest BCUT2D eigenvalue weighted by atomic mass is 16.3. The van der Waals surface area contributed by atoms with Crippen LogP contribution in [0.5, 0.6) is 0 Å². The molecule has 5 heterocycles. The zero-order chi connectivity index (χ0) is 49.6. The van der Waals surface area contributed by atoms with Crippen LogP contribution in [0.4, 0.5) is 0 Å². The Morgan fingerprint density at radius 2 is 1.29 bits per heavy atom. The summed E-state index contributed by atoms with van der Waals surface area (Å²) in [6, 6.07) is -1.10. The van der Waals surface area contributed by atoms with Gasteiger partial charge in [0.1, 0.15) is 0 Å². The third kappa shape index (κ3) is 9.19. The van der Waals surface area contributed by atoms with E-state index in [2.05, 4.69) is 10.6 Å². The number of aliphatic imine (C=N–C) groups is 3. The first-order chi connectivity index (χ1) is 30.5. The zero-order valence-corrected chi connectivity index (χ0v) is 39.9. The summed E-state index contributed by atoms with van der Waals surface area (Å²) >= 11 is 0. The number of allylic oxidation sites excluding steroid dienone is 6. The monoisotopic (exact) mass is 918 g/mol. The summed E-state index contributed by atoms with van der Waals surface area (Å²) in [5.74, 6) is -6.95. The Morgan fingerprint density at radius 3 is 1.80 bits per heavy atom. The van der Waals surface area contributed by atoms with Crippen LogP contribution in [-0.4, -0.2) is 87.8 Å². The van der Waals surface area contributed by atoms with E-state index in [1.807, 2.05) is 54.5 Å². The molecule has 5 rings (SSSR count). The van der Waals surface area contributed by atoms with Gasteiger partial charge in [-0.05, 0) is 70.6 Å². The number of fused-ring (bicyclic) bond motifs is 6. The van der Waals surface area contributed by atoms with Gasteiger partial charge in [-0.25, -0.2) is 0 Å². The molecule has 0 aliphatic carbocycles. The number of hydrogen-bond acceptors (Lipinski definition) is 12. The lowest BCUT2D eigenvalue weighted by atomic mass is 9.56. The predicted molar refractivity (Wildman–Crippen MR) is 249 cm³/mol. The van der Waals surface area contributed by atoms with Crippen LogP contribution >= 0.6 is 0 Å². The molecule has 19 heteroatoms. The van der Waals surface area contributed by atoms with Crippen LogP contribution in [0.15, 0.2) is 49.3 Å². The second kappa shape index (κ2) is 18.5. The molecule has 10 unspecified atom stereocenters. The molecule has 8 bridgehead atoms. The largest absolute Gasteiger partial charge is 0.392 e. The van der Waals surface area contributed by atoms with Crippen molar-refractivity contribution in [2.75, 3.05) is 6.54 Å². The summed E-state index contributed by atoms with van der Waals surface area (Å²) in [7, 11) is 0. The third-order valence-corrected chi connectivity index (χ3v) is 15.8. The fourth-order valence-electron chi connectivity index (χ4n) is 12.1. The number of rotatable bonds is 19. The summed E-state index contributed by atoms with van der Waals surface area (Å²) in [5, 5.41) is 16.3. The molecule has 10 atom stereocenters. The number of hydrogen-bond donors (Lipinski definition) is 9. The van der Waals surface area contributed by atoms with Crippen molar-refractivity contribution in [3.05, 3.63) is 34.3 Å². The molecular weight excluding hydrogens is 847 g/mol. The van der Waals surface area contributed by atoms with Crippen LogP contribution in [0.2, 0.25) is 0 Å². The predicted octanol–water partition coefficient (Wildman–Crippen LogP) is 1.35. The molecule has 0 aromatic heterocycles. The fraction of sp³-hybridized carbons (Fsp3) is 0.660. The summed E-state index contributed by atoms with van der Waals surface area (Å²) in [5.41, 5.74) is 34.5. The average Bonchev–Trinajstić information content (AvgIpc) is 3.81. The van der Waals surface area contributed by atoms with Gasteiger partial charge in [0, 0.05) is 119 Å². The maximum absolute atomic E-state index is 14.4. The minimum atomic E-state index is -1.48. The highest BCUT2D eigenvalue weighted by Gasteiger charge is 2.67. The van der Waals surface area contributed by atoms with Crippen LogP contribution in [0.3, 0.4) is 0 Å². The number of nitrogens with two attached hydrogens (primary N) is 6. The van der Waals surface area contributed by atoms with E-state index in [0.29, 0.717) is 45.4 Å². The average molecular weight is 918 g/mol. The number of primary amides is 6. The summed E-state index contributed by atoms with van der Waals surface area (Å²) < 4.78 is 0. The highest BCUT2D eigenvalue weighted by molar-refractivity contribution is 6.12. The quantitative estimate of drug-likeness (QED) is 0.0902. The smallest absolute Gasteiger partial charge is 0.223 e. The second-order valence-corrected chi connectivity index (χ2v) is 20.8. The summed E-state index contributed by atoms with van der Waals surface area (Å²) in [6.45, 7) is 16.6. The van der Waals surface area contributed by atoms with Gasteiger partial charge in [0.2, 0.25) is 41.4 Å². The molecule has 5 aliphatic heterocycles. The summed E-state index contributed by atoms with van der Waals surface area (Å²) in [4.78, 5) is 108. The molecule has 15 N–H and O–H groups in total. The maximum atomic E-state index is 14.4. The molecule has 5 aliphatic rings. The van der Waals surface area contributed by atoms with Crippen molar-refractivity contribution < 1.29 is 38.7 Å². The minimum Gasteiger partial charge on any atom is -0.392 e. The van der Waals surface area contributed by atoms with E-state index in [-0.39, 0.29) is 76.7 Å². The standard InChI is InChI=1S/C47H71N11O8/c1-22(59)21-54-35(65)16-17-44(6)36(42(53)66)41-47(9)46(8,20-34(52)64)27(12-15-32(50)62)38(58-47)24(3)40-45(7,19-33(51)63)25(10-13-30(48)60)28(55-40)18-29-43(4,5)26(11-14-31(49)61)37(56-29)23(2)39(44)57-41/h18,22,25-27,36,41,55,59H,10-17,19-21H2,1-9H3,(H2,48,60)(H2,49,61)(H2,50,62)(H2,51,63)(H2,52,64)(H2,53,66)(H,54,65). The van der Waals surface area contributed by atoms with Crippen molar-refractivity contribution in [2.24, 2.45) is 94.7 Å². The molecule has 7 amide bonds. The van der Waals surface area contributed by atoms with Gasteiger partial charge in [0.05, 0.1) is 23.6 Å². The van der Waals surface area contributed by atoms with E-state index < -0.39 is 98.5 Å². The Balaban J connectivity index is 1.99. The number of nitrogens with zero attached hydrogens (tertiary/aromatic N) is 3. The van der Waals surface area contributed by atoms with Gasteiger partial charge in [0.15, 0.2) is 0 Å². The van der Waals surface area contributed by atoms with E-state index in [0.717, 1.165) is 0 Å². The van der Waals surface area contributed by atoms with Crippen LogP contribution in [0.1, 0.15) is 127 Å². The van der Waals surface area contributed by atoms with Crippen LogP contribution in [0.25, 0.3) is 0 Å². The molecule has 19 nitrogen and oxygen atoms in total. The first-order valence-corrected chi connectivity index (χ1v) is 22.8. The minimum absolute atomic E-state index is 0.00435. The van der Waals surface area contributed by atoms with Crippen molar-refractivity contribution in [3.8, 4) is 0 Å². The second-order valence-electron chi connectivity index (χ2n) is 20.8. The van der Waals surface area contributed by atoms with Gasteiger partial charge in [-0.3, -0.25) is 48.5 Å². The Labute approximate surface area is 386 Å². The van der Waals surface area contributed by atoms with Crippen LogP contribution in [0, 0.1) is 45.3 Å². The van der Waals surface area contributed by atoms with Gasteiger partial charge < -0.3 is 50.1 Å². The van der Waals surface area contributed by atoms with E-state index in [1.54, 1.807) is 13.8 Å². The van der Waals surface area contributed by atoms with E-state index >= 15 is 0 Å². The molecule has 0 aromatic carbocycles. The third-order valence-electron chi connectivity index (χ3n) is 15.8. The molecule has 0 saturated carbocycles. The molecular formula is C47H71N11O8. The normalized spacial score (nSPS) is 32.5. The Morgan fingerprint density at radius 1 is 0.742 bits per heavy atom. The van der Waals surface area contributed by atoms with Crippen molar-refractivity contribution in [2.45, 2.75) is 144 Å². The first-order valence-electron chi connectivity index (χ1n) is 22.8. The number of carbonyl (C=O) groups is 7. The number of aliphatic hydroxyl groups is 1. The van der Waals surface area contributed by atoms with E-state index in [1.165, 1.54) is 0 Å². The SMILES string of the molecule is CC1=C2N=C(C=C3NC(=C(C)C4=NC(C)(C5N=C1C(C)(CCC(=O)NCC(C)O)C5C(N)=O)C(C)(CC(N)=O)C4CCC(N)=O)C(C)(CC(N)=O)C3CCC(N)=O)C(C)(C)C2CCC(N)=O. The van der Waals surface area contributed by atoms with Gasteiger partial charge >= 0.3 is 0 Å². The Kier molecular flexibility index (Phi) is 14.4. The Hall–Kier alpha value is -5.72. The zero-order valence-electron chi connectivity index (χ0n) is 39.9. The van der Waals surface area contributed by atoms with Crippen molar-refractivity contribution >= 4 is 58.5 Å². The van der Waals surface area contributed by atoms with Gasteiger partial charge in [-0.2, -0.15) is 0 Å². The highest BCUT2D eigenvalue weighted by Crippen LogP contribution is 2.62. The van der Waals surface area contributed by atoms with Gasteiger partial charge in [-0.15, -0.1) is 0 Å². The topological polar surface area (TPSA) is 357 Å². The molecule has 1 saturated heterocycles. The summed E-state index contributed by atoms with van der Waals surface area (Å²) in [6.07, 6.45) is 1.09. The number of amides is 7. The van der Waals surface area contributed by atoms with E-state index in [9.17, 15) is 38.7 Å². The Bertz CT molecular complexity index is 2290. The molecule has 1 fully saturated rings. The fourth-order valence-corrected chi connectivity index (χ4v) is 12.1. The van der Waals surface area contributed by atoms with Crippen LogP contribution < -0.4 is 45.0 Å². The first kappa shape index (κ1) is 51.3. The van der Waals surface area contributed by atoms with Crippen molar-refractivity contribution in [3.63, 3.8) is 0 Å². The lowest BCUT2D eigenvalue weighted by molar-refractivity contribution is -0.128. The maximum Gasteiger partial charge on any atom is 0.223 e.